The van der Waals surface area contributed by atoms with Crippen LogP contribution in [0.5, 0.6) is 0 Å². The van der Waals surface area contributed by atoms with Gasteiger partial charge in [-0.15, -0.1) is 0 Å². The highest BCUT2D eigenvalue weighted by Gasteiger charge is 2.04. The number of hydrogen-bond acceptors (Lipinski definition) is 1. The molecule has 0 saturated carbocycles. The third-order valence-electron chi connectivity index (χ3n) is 2.37. The minimum absolute atomic E-state index is 0.368. The van der Waals surface area contributed by atoms with Gasteiger partial charge in [0.05, 0.1) is 0 Å². The van der Waals surface area contributed by atoms with Gasteiger partial charge in [0.25, 0.3) is 0 Å². The molecule has 1 aromatic heterocycles. The molecule has 2 rings (SSSR count). The van der Waals surface area contributed by atoms with Crippen LogP contribution in [0, 0.1) is 12.8 Å². The average molecular weight is 199 g/mol. The topological polar surface area (TPSA) is 17.8 Å². The van der Waals surface area contributed by atoms with Crippen LogP contribution in [-0.2, 0) is 13.0 Å². The van der Waals surface area contributed by atoms with Gasteiger partial charge in [0.2, 0.25) is 0 Å². The molecule has 1 atom stereocenters. The summed E-state index contributed by atoms with van der Waals surface area (Å²) in [5.74, 6) is 0.368. The Bertz CT molecular complexity index is 378. The van der Waals surface area contributed by atoms with E-state index in [4.69, 9.17) is 0 Å². The molecule has 0 saturated heterocycles. The normalized spacial score (nSPS) is 12.6. The zero-order valence-electron chi connectivity index (χ0n) is 8.71. The molecule has 2 aromatic rings. The van der Waals surface area contributed by atoms with Crippen LogP contribution >= 0.6 is 0 Å². The molecule has 1 unspecified atom stereocenters. The summed E-state index contributed by atoms with van der Waals surface area (Å²) < 4.78 is 1.93. The second kappa shape index (κ2) is 4.78. The summed E-state index contributed by atoms with van der Waals surface area (Å²) >= 11 is 0. The van der Waals surface area contributed by atoms with Crippen LogP contribution in [0.25, 0.3) is 0 Å². The van der Waals surface area contributed by atoms with Crippen LogP contribution in [0.15, 0.2) is 48.8 Å². The van der Waals surface area contributed by atoms with Crippen molar-refractivity contribution >= 4 is 0 Å². The molecular weight excluding hydrogens is 184 g/mol. The highest BCUT2D eigenvalue weighted by Crippen LogP contribution is 2.09. The molecule has 1 radical (unpaired) electrons. The molecule has 0 bridgehead atoms. The zero-order chi connectivity index (χ0) is 10.5. The van der Waals surface area contributed by atoms with Crippen LogP contribution in [0.3, 0.4) is 0 Å². The van der Waals surface area contributed by atoms with Crippen molar-refractivity contribution < 1.29 is 0 Å². The Kier molecular flexibility index (Phi) is 3.18. The van der Waals surface area contributed by atoms with Crippen LogP contribution in [0.1, 0.15) is 5.56 Å². The van der Waals surface area contributed by atoms with E-state index in [0.29, 0.717) is 5.92 Å². The van der Waals surface area contributed by atoms with E-state index in [1.807, 2.05) is 23.0 Å². The van der Waals surface area contributed by atoms with Gasteiger partial charge in [-0.1, -0.05) is 30.3 Å². The van der Waals surface area contributed by atoms with Gasteiger partial charge in [-0.25, -0.2) is 0 Å². The molecule has 77 valence electrons. The summed E-state index contributed by atoms with van der Waals surface area (Å²) in [6.45, 7) is 5.02. The van der Waals surface area contributed by atoms with Crippen LogP contribution in [-0.4, -0.2) is 9.78 Å². The van der Waals surface area contributed by atoms with Crippen LogP contribution in [0.4, 0.5) is 0 Å². The largest absolute Gasteiger partial charge is 0.272 e. The van der Waals surface area contributed by atoms with Gasteiger partial charge in [-0.05, 0) is 30.9 Å². The Balaban J connectivity index is 1.90. The van der Waals surface area contributed by atoms with Crippen LogP contribution < -0.4 is 0 Å². The summed E-state index contributed by atoms with van der Waals surface area (Å²) in [6, 6.07) is 12.4. The van der Waals surface area contributed by atoms with E-state index in [0.717, 1.165) is 13.0 Å². The third-order valence-corrected chi connectivity index (χ3v) is 2.37. The third kappa shape index (κ3) is 2.94. The Morgan fingerprint density at radius 3 is 2.67 bits per heavy atom. The van der Waals surface area contributed by atoms with Gasteiger partial charge in [-0.3, -0.25) is 4.68 Å². The second-order valence-corrected chi connectivity index (χ2v) is 3.78. The Labute approximate surface area is 90.6 Å². The highest BCUT2D eigenvalue weighted by molar-refractivity contribution is 5.15. The molecule has 0 N–H and O–H groups in total. The number of nitrogens with zero attached hydrogens (tertiary/aromatic N) is 2. The van der Waals surface area contributed by atoms with E-state index >= 15 is 0 Å². The smallest absolute Gasteiger partial charge is 0.0489 e. The molecule has 1 aromatic carbocycles. The predicted octanol–water partition coefficient (Wildman–Crippen LogP) is 2.58. The lowest BCUT2D eigenvalue weighted by Gasteiger charge is -2.11. The van der Waals surface area contributed by atoms with Gasteiger partial charge in [0, 0.05) is 18.9 Å². The molecule has 0 aliphatic heterocycles. The molecule has 1 heterocycles. The molecule has 0 amide bonds. The summed E-state index contributed by atoms with van der Waals surface area (Å²) in [4.78, 5) is 0. The van der Waals surface area contributed by atoms with Crippen molar-refractivity contribution in [1.29, 1.82) is 0 Å². The first kappa shape index (κ1) is 9.97. The lowest BCUT2D eigenvalue weighted by atomic mass is 10.0. The van der Waals surface area contributed by atoms with Crippen molar-refractivity contribution in [2.45, 2.75) is 13.0 Å². The molecule has 2 heteroatoms. The molecule has 0 spiro atoms. The zero-order valence-corrected chi connectivity index (χ0v) is 8.71. The fraction of sp³-hybridized carbons (Fsp3) is 0.231. The molecule has 0 fully saturated rings. The van der Waals surface area contributed by atoms with Crippen molar-refractivity contribution in [3.05, 3.63) is 61.3 Å². The van der Waals surface area contributed by atoms with Gasteiger partial charge < -0.3 is 0 Å². The first-order valence-corrected chi connectivity index (χ1v) is 5.19. The second-order valence-electron chi connectivity index (χ2n) is 3.78. The minimum atomic E-state index is 0.368. The van der Waals surface area contributed by atoms with Gasteiger partial charge >= 0.3 is 0 Å². The van der Waals surface area contributed by atoms with Gasteiger partial charge in [0.1, 0.15) is 0 Å². The van der Waals surface area contributed by atoms with E-state index in [9.17, 15) is 0 Å². The quantitative estimate of drug-likeness (QED) is 0.740. The molecule has 0 aliphatic carbocycles. The number of aromatic nitrogens is 2. The lowest BCUT2D eigenvalue weighted by molar-refractivity contribution is 0.484. The first-order valence-electron chi connectivity index (χ1n) is 5.19. The van der Waals surface area contributed by atoms with E-state index in [-0.39, 0.29) is 0 Å². The lowest BCUT2D eigenvalue weighted by Crippen LogP contribution is -2.10. The summed E-state index contributed by atoms with van der Waals surface area (Å²) in [5.41, 5.74) is 1.34. The van der Waals surface area contributed by atoms with E-state index in [1.165, 1.54) is 5.56 Å². The maximum Gasteiger partial charge on any atom is 0.0489 e. The predicted molar refractivity (Wildman–Crippen MR) is 61.2 cm³/mol. The fourth-order valence-electron chi connectivity index (χ4n) is 1.68. The monoisotopic (exact) mass is 199 g/mol. The first-order chi connectivity index (χ1) is 7.34. The fourth-order valence-corrected chi connectivity index (χ4v) is 1.68. The van der Waals surface area contributed by atoms with Crippen molar-refractivity contribution in [2.24, 2.45) is 5.92 Å². The maximum atomic E-state index is 4.17. The molecule has 15 heavy (non-hydrogen) atoms. The number of benzene rings is 1. The average Bonchev–Trinajstić information content (AvgIpc) is 2.71. The Hall–Kier alpha value is -1.57. The maximum absolute atomic E-state index is 4.17. The Morgan fingerprint density at radius 1 is 1.20 bits per heavy atom. The van der Waals surface area contributed by atoms with Crippen molar-refractivity contribution in [1.82, 2.24) is 9.78 Å². The van der Waals surface area contributed by atoms with E-state index in [2.05, 4.69) is 36.3 Å². The van der Waals surface area contributed by atoms with Gasteiger partial charge in [-0.2, -0.15) is 5.10 Å². The van der Waals surface area contributed by atoms with Crippen molar-refractivity contribution in [2.75, 3.05) is 0 Å². The molecular formula is C13H15N2. The van der Waals surface area contributed by atoms with Gasteiger partial charge in [0.15, 0.2) is 0 Å². The minimum Gasteiger partial charge on any atom is -0.272 e. The summed E-state index contributed by atoms with van der Waals surface area (Å²) in [5, 5.41) is 4.17. The molecule has 2 nitrogen and oxygen atoms in total. The van der Waals surface area contributed by atoms with Crippen LogP contribution in [0.2, 0.25) is 0 Å². The summed E-state index contributed by atoms with van der Waals surface area (Å²) in [7, 11) is 0. The van der Waals surface area contributed by atoms with Crippen molar-refractivity contribution in [3.63, 3.8) is 0 Å². The van der Waals surface area contributed by atoms with E-state index in [1.54, 1.807) is 6.20 Å². The number of rotatable bonds is 4. The van der Waals surface area contributed by atoms with E-state index < -0.39 is 0 Å². The highest BCUT2D eigenvalue weighted by atomic mass is 15.3. The number of hydrogen-bond donors (Lipinski definition) is 0. The standard InChI is InChI=1S/C13H15N2/c1-12(11-15-9-5-8-14-15)10-13-6-3-2-4-7-13/h2-9,12H,1,10-11H2. The Morgan fingerprint density at radius 2 is 2.00 bits per heavy atom. The summed E-state index contributed by atoms with van der Waals surface area (Å²) in [6.07, 6.45) is 4.78. The molecule has 0 aliphatic rings. The van der Waals surface area contributed by atoms with Crippen molar-refractivity contribution in [3.8, 4) is 0 Å². The SMILES string of the molecule is [CH2]C(Cc1ccccc1)Cn1cccn1.